The van der Waals surface area contributed by atoms with Crippen molar-refractivity contribution in [3.8, 4) is 0 Å². The monoisotopic (exact) mass is 167 g/mol. The van der Waals surface area contributed by atoms with Crippen molar-refractivity contribution in [3.05, 3.63) is 29.3 Å². The van der Waals surface area contributed by atoms with Crippen molar-refractivity contribution in [2.24, 2.45) is 5.10 Å². The van der Waals surface area contributed by atoms with Crippen LogP contribution in [-0.2, 0) is 4.79 Å². The summed E-state index contributed by atoms with van der Waals surface area (Å²) in [6.07, 6.45) is 1.58. The number of thiophene rings is 1. The van der Waals surface area contributed by atoms with Crippen LogP contribution in [0, 0.1) is 6.92 Å². The van der Waals surface area contributed by atoms with Gasteiger partial charge in [0.15, 0.2) is 0 Å². The first kappa shape index (κ1) is 7.94. The topological polar surface area (TPSA) is 41.5 Å². The first-order valence-corrected chi connectivity index (χ1v) is 3.85. The molecular formula is C7H7N2OS. The summed E-state index contributed by atoms with van der Waals surface area (Å²) in [6.45, 7) is 3.10. The van der Waals surface area contributed by atoms with Gasteiger partial charge < -0.3 is 0 Å². The molecule has 0 fully saturated rings. The average molecular weight is 167 g/mol. The maximum Gasteiger partial charge on any atom is 0.240 e. The van der Waals surface area contributed by atoms with Gasteiger partial charge in [-0.15, -0.1) is 11.3 Å². The van der Waals surface area contributed by atoms with E-state index in [0.29, 0.717) is 0 Å². The van der Waals surface area contributed by atoms with E-state index < -0.39 is 5.91 Å². The number of amides is 1. The molecule has 0 saturated heterocycles. The van der Waals surface area contributed by atoms with Crippen molar-refractivity contribution in [3.63, 3.8) is 0 Å². The Bertz CT molecular complexity index is 253. The number of hydrogen-bond donors (Lipinski definition) is 1. The Balaban J connectivity index is 2.43. The van der Waals surface area contributed by atoms with Gasteiger partial charge in [0, 0.05) is 11.8 Å². The van der Waals surface area contributed by atoms with Crippen LogP contribution >= 0.6 is 11.3 Å². The third-order valence-electron chi connectivity index (χ3n) is 0.924. The highest BCUT2D eigenvalue weighted by atomic mass is 32.1. The lowest BCUT2D eigenvalue weighted by Crippen LogP contribution is -2.12. The predicted octanol–water partition coefficient (Wildman–Crippen LogP) is 1.03. The highest BCUT2D eigenvalue weighted by molar-refractivity contribution is 7.11. The maximum absolute atomic E-state index is 10.2. The molecule has 0 aromatic carbocycles. The molecule has 1 aromatic rings. The summed E-state index contributed by atoms with van der Waals surface area (Å²) in [5.74, 6) is -0.405. The molecule has 1 radical (unpaired) electrons. The molecule has 3 nitrogen and oxygen atoms in total. The molecular weight excluding hydrogens is 160 g/mol. The number of rotatable bonds is 2. The molecule has 0 saturated carbocycles. The van der Waals surface area contributed by atoms with Gasteiger partial charge in [-0.1, -0.05) is 6.07 Å². The third kappa shape index (κ3) is 2.95. The van der Waals surface area contributed by atoms with Crippen molar-refractivity contribution < 1.29 is 4.79 Å². The van der Waals surface area contributed by atoms with E-state index in [1.54, 1.807) is 17.6 Å². The Hall–Kier alpha value is -1.16. The van der Waals surface area contributed by atoms with Gasteiger partial charge >= 0.3 is 0 Å². The van der Waals surface area contributed by atoms with Crippen LogP contribution in [0.15, 0.2) is 22.6 Å². The lowest BCUT2D eigenvalue weighted by Gasteiger charge is -1.87. The minimum Gasteiger partial charge on any atom is -0.273 e. The van der Waals surface area contributed by atoms with Crippen LogP contribution in [-0.4, -0.2) is 12.1 Å². The Morgan fingerprint density at radius 1 is 1.82 bits per heavy atom. The summed E-state index contributed by atoms with van der Waals surface area (Å²) < 4.78 is 0. The van der Waals surface area contributed by atoms with Crippen LogP contribution in [0.25, 0.3) is 0 Å². The number of hydrazone groups is 1. The molecule has 1 heterocycles. The maximum atomic E-state index is 10.2. The molecule has 1 amide bonds. The van der Waals surface area contributed by atoms with Crippen LogP contribution in [0.2, 0.25) is 0 Å². The predicted molar refractivity (Wildman–Crippen MR) is 45.4 cm³/mol. The number of nitrogens with zero attached hydrogens (tertiary/aromatic N) is 1. The summed E-state index contributed by atoms with van der Waals surface area (Å²) in [6, 6.07) is 3.82. The molecule has 0 spiro atoms. The van der Waals surface area contributed by atoms with Gasteiger partial charge in [-0.2, -0.15) is 5.10 Å². The van der Waals surface area contributed by atoms with Crippen LogP contribution in [0.3, 0.4) is 0 Å². The van der Waals surface area contributed by atoms with Crippen LogP contribution < -0.4 is 5.43 Å². The molecule has 1 N–H and O–H groups in total. The lowest BCUT2D eigenvalue weighted by molar-refractivity contribution is -0.116. The Labute approximate surface area is 68.7 Å². The molecule has 0 aliphatic carbocycles. The van der Waals surface area contributed by atoms with Gasteiger partial charge in [0.1, 0.15) is 0 Å². The second-order valence-corrected chi connectivity index (χ2v) is 2.79. The molecule has 1 aromatic heterocycles. The summed E-state index contributed by atoms with van der Waals surface area (Å²) in [4.78, 5) is 11.2. The smallest absolute Gasteiger partial charge is 0.240 e. The van der Waals surface area contributed by atoms with Crippen molar-refractivity contribution in [2.75, 3.05) is 0 Å². The number of carbonyl (C=O) groups is 1. The molecule has 1 rings (SSSR count). The van der Waals surface area contributed by atoms with E-state index in [4.69, 9.17) is 0 Å². The zero-order chi connectivity index (χ0) is 8.10. The molecule has 0 aliphatic heterocycles. The summed E-state index contributed by atoms with van der Waals surface area (Å²) in [7, 11) is 0. The normalized spacial score (nSPS) is 10.3. The molecule has 57 valence electrons. The van der Waals surface area contributed by atoms with E-state index in [1.807, 2.05) is 17.5 Å². The van der Waals surface area contributed by atoms with Crippen molar-refractivity contribution in [1.29, 1.82) is 0 Å². The molecule has 11 heavy (non-hydrogen) atoms. The third-order valence-corrected chi connectivity index (χ3v) is 1.73. The van der Waals surface area contributed by atoms with Crippen LogP contribution in [0.5, 0.6) is 0 Å². The number of hydrogen-bond acceptors (Lipinski definition) is 3. The van der Waals surface area contributed by atoms with Crippen molar-refractivity contribution >= 4 is 23.5 Å². The second kappa shape index (κ2) is 3.88. The fourth-order valence-corrected chi connectivity index (χ4v) is 1.12. The fraction of sp³-hybridized carbons (Fsp3) is 0. The van der Waals surface area contributed by atoms with Gasteiger partial charge in [0.25, 0.3) is 0 Å². The van der Waals surface area contributed by atoms with Crippen LogP contribution in [0.4, 0.5) is 0 Å². The van der Waals surface area contributed by atoms with Gasteiger partial charge in [0.05, 0.1) is 6.21 Å². The highest BCUT2D eigenvalue weighted by Gasteiger charge is 1.86. The standard InChI is InChI=1S/C7H7N2OS/c1-6(10)9-8-5-7-3-2-4-11-7/h2-5H,1H2,(H,9,10). The van der Waals surface area contributed by atoms with Gasteiger partial charge in [-0.25, -0.2) is 5.43 Å². The quantitative estimate of drug-likeness (QED) is 0.518. The summed E-state index contributed by atoms with van der Waals surface area (Å²) in [5, 5.41) is 5.57. The zero-order valence-corrected chi connectivity index (χ0v) is 6.60. The average Bonchev–Trinajstić information content (AvgIpc) is 2.39. The molecule has 0 unspecified atom stereocenters. The Kier molecular flexibility index (Phi) is 2.80. The minimum atomic E-state index is -0.405. The van der Waals surface area contributed by atoms with Gasteiger partial charge in [-0.05, 0) is 11.4 Å². The van der Waals surface area contributed by atoms with Crippen molar-refractivity contribution in [2.45, 2.75) is 0 Å². The van der Waals surface area contributed by atoms with E-state index in [2.05, 4.69) is 17.5 Å². The molecule has 4 heteroatoms. The Morgan fingerprint density at radius 2 is 2.64 bits per heavy atom. The lowest BCUT2D eigenvalue weighted by atomic mass is 10.5. The molecule has 0 bridgehead atoms. The summed E-state index contributed by atoms with van der Waals surface area (Å²) >= 11 is 1.55. The van der Waals surface area contributed by atoms with Crippen LogP contribution in [0.1, 0.15) is 4.88 Å². The number of nitrogens with one attached hydrogen (secondary N) is 1. The van der Waals surface area contributed by atoms with E-state index in [9.17, 15) is 4.79 Å². The Morgan fingerprint density at radius 3 is 3.18 bits per heavy atom. The van der Waals surface area contributed by atoms with Crippen molar-refractivity contribution in [1.82, 2.24) is 5.43 Å². The molecule has 0 aliphatic rings. The van der Waals surface area contributed by atoms with Gasteiger partial charge in [-0.3, -0.25) is 4.79 Å². The first-order valence-electron chi connectivity index (χ1n) is 2.97. The van der Waals surface area contributed by atoms with E-state index >= 15 is 0 Å². The van der Waals surface area contributed by atoms with E-state index in [0.717, 1.165) is 4.88 Å². The van der Waals surface area contributed by atoms with E-state index in [-0.39, 0.29) is 0 Å². The number of carbonyl (C=O) groups excluding carboxylic acids is 1. The first-order chi connectivity index (χ1) is 5.29. The highest BCUT2D eigenvalue weighted by Crippen LogP contribution is 2.03. The zero-order valence-electron chi connectivity index (χ0n) is 5.78. The molecule has 0 atom stereocenters. The second-order valence-electron chi connectivity index (χ2n) is 1.81. The van der Waals surface area contributed by atoms with E-state index in [1.165, 1.54) is 0 Å². The fourth-order valence-electron chi connectivity index (χ4n) is 0.533. The summed E-state index contributed by atoms with van der Waals surface area (Å²) in [5.41, 5.74) is 2.21. The van der Waals surface area contributed by atoms with Gasteiger partial charge in [0.2, 0.25) is 5.91 Å². The minimum absolute atomic E-state index is 0.405. The largest absolute Gasteiger partial charge is 0.273 e. The SMILES string of the molecule is [CH2]C(=O)NN=Cc1cccs1.